The highest BCUT2D eigenvalue weighted by Gasteiger charge is 2.14. The monoisotopic (exact) mass is 372 g/mol. The summed E-state index contributed by atoms with van der Waals surface area (Å²) < 4.78 is 3.58. The van der Waals surface area contributed by atoms with Crippen molar-refractivity contribution in [2.75, 3.05) is 5.73 Å². The van der Waals surface area contributed by atoms with E-state index >= 15 is 0 Å². The molecule has 1 heterocycles. The average Bonchev–Trinajstić information content (AvgIpc) is 2.65. The van der Waals surface area contributed by atoms with Gasteiger partial charge >= 0.3 is 0 Å². The van der Waals surface area contributed by atoms with Crippen LogP contribution in [0.25, 0.3) is 11.4 Å². The standard InChI is InChI=1S/C12H14Br2N4/c1-3-4-10-16-12(18(2)17-10)8-5-7(13)6-9(14)11(8)15/h5-6H,3-4,15H2,1-2H3. The molecular weight excluding hydrogens is 360 g/mol. The fourth-order valence-electron chi connectivity index (χ4n) is 1.77. The Hall–Kier alpha value is -0.880. The molecule has 2 N–H and O–H groups in total. The third-order valence-corrected chi connectivity index (χ3v) is 3.73. The van der Waals surface area contributed by atoms with Crippen LogP contribution in [0.5, 0.6) is 0 Å². The molecule has 6 heteroatoms. The van der Waals surface area contributed by atoms with Crippen molar-refractivity contribution in [2.45, 2.75) is 19.8 Å². The molecule has 0 saturated carbocycles. The number of rotatable bonds is 3. The second kappa shape index (κ2) is 5.40. The smallest absolute Gasteiger partial charge is 0.160 e. The summed E-state index contributed by atoms with van der Waals surface area (Å²) in [6, 6.07) is 3.88. The van der Waals surface area contributed by atoms with Gasteiger partial charge in [-0.1, -0.05) is 22.9 Å². The predicted octanol–water partition coefficient (Wildman–Crippen LogP) is 3.54. The van der Waals surface area contributed by atoms with Crippen LogP contribution in [0.4, 0.5) is 5.69 Å². The molecule has 2 rings (SSSR count). The van der Waals surface area contributed by atoms with Gasteiger partial charge in [-0.25, -0.2) is 9.67 Å². The first-order valence-corrected chi connectivity index (χ1v) is 7.26. The lowest BCUT2D eigenvalue weighted by molar-refractivity contribution is 0.738. The zero-order valence-electron chi connectivity index (χ0n) is 10.2. The van der Waals surface area contributed by atoms with Crippen molar-refractivity contribution in [1.82, 2.24) is 14.8 Å². The van der Waals surface area contributed by atoms with Crippen LogP contribution in [0.1, 0.15) is 19.2 Å². The molecule has 4 nitrogen and oxygen atoms in total. The van der Waals surface area contributed by atoms with Crippen molar-refractivity contribution in [2.24, 2.45) is 7.05 Å². The van der Waals surface area contributed by atoms with Gasteiger partial charge in [0.2, 0.25) is 0 Å². The van der Waals surface area contributed by atoms with Crippen molar-refractivity contribution >= 4 is 37.5 Å². The molecule has 2 aromatic rings. The van der Waals surface area contributed by atoms with Crippen molar-refractivity contribution in [3.05, 3.63) is 26.9 Å². The zero-order chi connectivity index (χ0) is 13.3. The van der Waals surface area contributed by atoms with E-state index in [4.69, 9.17) is 5.73 Å². The van der Waals surface area contributed by atoms with Gasteiger partial charge in [-0.2, -0.15) is 5.10 Å². The van der Waals surface area contributed by atoms with Gasteiger partial charge in [0.1, 0.15) is 0 Å². The van der Waals surface area contributed by atoms with Crippen LogP contribution in [0.2, 0.25) is 0 Å². The van der Waals surface area contributed by atoms with Gasteiger partial charge in [0.15, 0.2) is 11.6 Å². The molecule has 0 aliphatic heterocycles. The van der Waals surface area contributed by atoms with E-state index in [2.05, 4.69) is 48.9 Å². The van der Waals surface area contributed by atoms with Crippen LogP contribution in [-0.4, -0.2) is 14.8 Å². The number of nitrogens with zero attached hydrogens (tertiary/aromatic N) is 3. The summed E-state index contributed by atoms with van der Waals surface area (Å²) in [5.41, 5.74) is 7.65. The molecule has 0 aliphatic carbocycles. The lowest BCUT2D eigenvalue weighted by Crippen LogP contribution is -1.99. The van der Waals surface area contributed by atoms with Crippen LogP contribution in [-0.2, 0) is 13.5 Å². The molecule has 0 saturated heterocycles. The van der Waals surface area contributed by atoms with Crippen LogP contribution in [0, 0.1) is 0 Å². The average molecular weight is 374 g/mol. The Labute approximate surface area is 123 Å². The minimum atomic E-state index is 0.678. The van der Waals surface area contributed by atoms with Gasteiger partial charge in [-0.3, -0.25) is 0 Å². The second-order valence-electron chi connectivity index (χ2n) is 4.07. The molecule has 1 aromatic carbocycles. The first kappa shape index (κ1) is 13.5. The maximum absolute atomic E-state index is 6.09. The number of anilines is 1. The summed E-state index contributed by atoms with van der Waals surface area (Å²) in [4.78, 5) is 4.54. The summed E-state index contributed by atoms with van der Waals surface area (Å²) in [7, 11) is 1.88. The maximum Gasteiger partial charge on any atom is 0.160 e. The van der Waals surface area contributed by atoms with Gasteiger partial charge in [0.05, 0.1) is 5.69 Å². The Morgan fingerprint density at radius 3 is 2.72 bits per heavy atom. The van der Waals surface area contributed by atoms with Gasteiger partial charge in [0.25, 0.3) is 0 Å². The molecule has 1 aromatic heterocycles. The van der Waals surface area contributed by atoms with E-state index in [1.165, 1.54) is 0 Å². The largest absolute Gasteiger partial charge is 0.397 e. The quantitative estimate of drug-likeness (QED) is 0.837. The Balaban J connectivity index is 2.54. The first-order valence-electron chi connectivity index (χ1n) is 5.67. The SMILES string of the molecule is CCCc1nc(-c2cc(Br)cc(Br)c2N)n(C)n1. The summed E-state index contributed by atoms with van der Waals surface area (Å²) in [5.74, 6) is 1.64. The number of aromatic nitrogens is 3. The van der Waals surface area contributed by atoms with Crippen LogP contribution in [0.15, 0.2) is 21.1 Å². The number of benzene rings is 1. The molecule has 0 amide bonds. The zero-order valence-corrected chi connectivity index (χ0v) is 13.4. The predicted molar refractivity (Wildman–Crippen MR) is 80.2 cm³/mol. The fourth-order valence-corrected chi connectivity index (χ4v) is 3.00. The van der Waals surface area contributed by atoms with Crippen LogP contribution in [0.3, 0.4) is 0 Å². The molecule has 0 unspecified atom stereocenters. The highest BCUT2D eigenvalue weighted by atomic mass is 79.9. The van der Waals surface area contributed by atoms with Crippen molar-refractivity contribution < 1.29 is 0 Å². The highest BCUT2D eigenvalue weighted by molar-refractivity contribution is 9.11. The van der Waals surface area contributed by atoms with Crippen molar-refractivity contribution in [1.29, 1.82) is 0 Å². The topological polar surface area (TPSA) is 56.7 Å². The highest BCUT2D eigenvalue weighted by Crippen LogP contribution is 2.34. The summed E-state index contributed by atoms with van der Waals surface area (Å²) in [6.45, 7) is 2.11. The number of nitrogen functional groups attached to an aromatic ring is 1. The van der Waals surface area contributed by atoms with E-state index in [1.54, 1.807) is 4.68 Å². The van der Waals surface area contributed by atoms with Gasteiger partial charge in [0, 0.05) is 28.0 Å². The third kappa shape index (κ3) is 2.59. The second-order valence-corrected chi connectivity index (χ2v) is 5.84. The van der Waals surface area contributed by atoms with E-state index in [1.807, 2.05) is 19.2 Å². The van der Waals surface area contributed by atoms with Gasteiger partial charge < -0.3 is 5.73 Å². The molecule has 18 heavy (non-hydrogen) atoms. The molecular formula is C12H14Br2N4. The van der Waals surface area contributed by atoms with Crippen LogP contribution < -0.4 is 5.73 Å². The van der Waals surface area contributed by atoms with E-state index in [0.717, 1.165) is 39.0 Å². The van der Waals surface area contributed by atoms with E-state index in [0.29, 0.717) is 5.69 Å². The molecule has 0 fully saturated rings. The van der Waals surface area contributed by atoms with Crippen LogP contribution >= 0.6 is 31.9 Å². The molecule has 0 spiro atoms. The Kier molecular flexibility index (Phi) is 4.07. The lowest BCUT2D eigenvalue weighted by atomic mass is 10.1. The summed E-state index contributed by atoms with van der Waals surface area (Å²) >= 11 is 6.91. The molecule has 0 radical (unpaired) electrons. The molecule has 0 atom stereocenters. The number of aryl methyl sites for hydroxylation is 2. The van der Waals surface area contributed by atoms with E-state index in [9.17, 15) is 0 Å². The maximum atomic E-state index is 6.09. The Morgan fingerprint density at radius 2 is 2.06 bits per heavy atom. The normalized spacial score (nSPS) is 10.9. The Bertz CT molecular complexity index is 578. The minimum Gasteiger partial charge on any atom is -0.397 e. The number of hydrogen-bond acceptors (Lipinski definition) is 3. The summed E-state index contributed by atoms with van der Waals surface area (Å²) in [5, 5.41) is 4.40. The third-order valence-electron chi connectivity index (χ3n) is 2.62. The minimum absolute atomic E-state index is 0.678. The molecule has 0 aliphatic rings. The van der Waals surface area contributed by atoms with E-state index in [-0.39, 0.29) is 0 Å². The Morgan fingerprint density at radius 1 is 1.33 bits per heavy atom. The molecule has 96 valence electrons. The van der Waals surface area contributed by atoms with Gasteiger partial charge in [-0.15, -0.1) is 0 Å². The van der Waals surface area contributed by atoms with Crippen molar-refractivity contribution in [3.63, 3.8) is 0 Å². The van der Waals surface area contributed by atoms with Crippen molar-refractivity contribution in [3.8, 4) is 11.4 Å². The lowest BCUT2D eigenvalue weighted by Gasteiger charge is -2.07. The molecule has 0 bridgehead atoms. The first-order chi connectivity index (χ1) is 8.52. The van der Waals surface area contributed by atoms with E-state index < -0.39 is 0 Å². The fraction of sp³-hybridized carbons (Fsp3) is 0.333. The number of hydrogen-bond donors (Lipinski definition) is 1. The summed E-state index contributed by atoms with van der Waals surface area (Å²) in [6.07, 6.45) is 1.91. The number of halogens is 2. The number of nitrogens with two attached hydrogens (primary N) is 1. The van der Waals surface area contributed by atoms with Gasteiger partial charge in [-0.05, 0) is 34.5 Å².